The van der Waals surface area contributed by atoms with Crippen LogP contribution in [0.4, 0.5) is 19.0 Å². The van der Waals surface area contributed by atoms with Gasteiger partial charge in [-0.3, -0.25) is 4.68 Å². The zero-order valence-electron chi connectivity index (χ0n) is 9.69. The van der Waals surface area contributed by atoms with Crippen LogP contribution in [-0.4, -0.2) is 15.3 Å². The van der Waals surface area contributed by atoms with Gasteiger partial charge in [0.25, 0.3) is 0 Å². The van der Waals surface area contributed by atoms with E-state index in [4.69, 9.17) is 0 Å². The first-order chi connectivity index (χ1) is 9.00. The summed E-state index contributed by atoms with van der Waals surface area (Å²) in [5, 5.41) is 6.75. The smallest absolute Gasteiger partial charge is 0.336 e. The number of aromatic nitrogens is 2. The quantitative estimate of drug-likeness (QED) is 0.874. The Balaban J connectivity index is 2.25. The van der Waals surface area contributed by atoms with Crippen LogP contribution in [0, 0.1) is 0 Å². The number of rotatable bonds is 4. The van der Waals surface area contributed by atoms with E-state index < -0.39 is 11.7 Å². The Morgan fingerprint density at radius 2 is 2.00 bits per heavy atom. The first kappa shape index (κ1) is 13.5. The van der Waals surface area contributed by atoms with Gasteiger partial charge in [0.15, 0.2) is 5.82 Å². The summed E-state index contributed by atoms with van der Waals surface area (Å²) in [6.07, 6.45) is -2.77. The van der Waals surface area contributed by atoms with Crippen LogP contribution in [0.15, 0.2) is 36.5 Å². The summed E-state index contributed by atoms with van der Waals surface area (Å²) in [5.41, 5.74) is 0.818. The molecule has 0 fully saturated rings. The van der Waals surface area contributed by atoms with E-state index in [0.29, 0.717) is 5.82 Å². The number of hydrogen-bond acceptors (Lipinski definition) is 2. The summed E-state index contributed by atoms with van der Waals surface area (Å²) < 4.78 is 39.9. The summed E-state index contributed by atoms with van der Waals surface area (Å²) in [6.45, 7) is 0.0504. The molecule has 1 heterocycles. The van der Waals surface area contributed by atoms with Gasteiger partial charge in [0, 0.05) is 12.3 Å². The zero-order valence-corrected chi connectivity index (χ0v) is 10.5. The second kappa shape index (κ2) is 5.40. The molecule has 2 aromatic rings. The molecule has 0 aliphatic rings. The fourth-order valence-corrected chi connectivity index (χ4v) is 1.82. The van der Waals surface area contributed by atoms with Crippen molar-refractivity contribution in [1.29, 1.82) is 0 Å². The summed E-state index contributed by atoms with van der Waals surface area (Å²) in [4.78, 5) is 0. The highest BCUT2D eigenvalue weighted by molar-refractivity contribution is 7.79. The lowest BCUT2D eigenvalue weighted by atomic mass is 10.1. The van der Waals surface area contributed by atoms with Crippen LogP contribution < -0.4 is 5.32 Å². The Morgan fingerprint density at radius 3 is 2.68 bits per heavy atom. The normalized spacial score (nSPS) is 11.3. The molecule has 0 spiro atoms. The van der Waals surface area contributed by atoms with E-state index in [1.165, 1.54) is 22.3 Å². The Labute approximate surface area is 113 Å². The molecule has 1 aromatic heterocycles. The van der Waals surface area contributed by atoms with Crippen LogP contribution in [0.25, 0.3) is 0 Å². The fourth-order valence-electron chi connectivity index (χ4n) is 1.70. The lowest BCUT2D eigenvalue weighted by Crippen LogP contribution is -2.12. The predicted octanol–water partition coefficient (Wildman–Crippen LogP) is 3.32. The Kier molecular flexibility index (Phi) is 3.84. The summed E-state index contributed by atoms with van der Waals surface area (Å²) in [5.74, 6) is 0.500. The van der Waals surface area contributed by atoms with Crippen molar-refractivity contribution in [2.75, 3.05) is 5.32 Å². The lowest BCUT2D eigenvalue weighted by Gasteiger charge is -2.12. The molecule has 0 atom stereocenters. The molecule has 100 valence electrons. The zero-order chi connectivity index (χ0) is 13.9. The molecule has 19 heavy (non-hydrogen) atoms. The largest absolute Gasteiger partial charge is 0.416 e. The maximum atomic E-state index is 12.8. The molecule has 2 rings (SSSR count). The van der Waals surface area contributed by atoms with Crippen LogP contribution in [-0.2, 0) is 12.7 Å². The lowest BCUT2D eigenvalue weighted by molar-refractivity contribution is -0.138. The van der Waals surface area contributed by atoms with Crippen molar-refractivity contribution in [2.24, 2.45) is 0 Å². The molecular weight excluding hydrogens is 275 g/mol. The van der Waals surface area contributed by atoms with Crippen LogP contribution in [0.2, 0.25) is 0 Å². The fraction of sp³-hybridized carbons (Fsp3) is 0.167. The topological polar surface area (TPSA) is 29.9 Å². The highest BCUT2D eigenvalue weighted by atomic mass is 32.1. The van der Waals surface area contributed by atoms with Crippen molar-refractivity contribution in [3.8, 4) is 0 Å². The molecule has 1 N–H and O–H groups in total. The van der Waals surface area contributed by atoms with E-state index >= 15 is 0 Å². The van der Waals surface area contributed by atoms with E-state index in [-0.39, 0.29) is 12.1 Å². The third kappa shape index (κ3) is 3.31. The van der Waals surface area contributed by atoms with Gasteiger partial charge >= 0.3 is 6.18 Å². The van der Waals surface area contributed by atoms with Crippen molar-refractivity contribution in [3.05, 3.63) is 47.7 Å². The van der Waals surface area contributed by atoms with E-state index in [0.717, 1.165) is 6.07 Å². The molecule has 0 saturated carbocycles. The summed E-state index contributed by atoms with van der Waals surface area (Å²) in [7, 11) is 0. The average Bonchev–Trinajstić information content (AvgIpc) is 2.76. The monoisotopic (exact) mass is 285 g/mol. The van der Waals surface area contributed by atoms with E-state index in [9.17, 15) is 13.2 Å². The van der Waals surface area contributed by atoms with Crippen molar-refractivity contribution in [3.63, 3.8) is 0 Å². The van der Waals surface area contributed by atoms with Gasteiger partial charge in [0.1, 0.15) is 0 Å². The van der Waals surface area contributed by atoms with Crippen LogP contribution >= 0.6 is 12.2 Å². The van der Waals surface area contributed by atoms with E-state index in [2.05, 4.69) is 22.6 Å². The van der Waals surface area contributed by atoms with E-state index in [1.54, 1.807) is 18.3 Å². The van der Waals surface area contributed by atoms with Crippen LogP contribution in [0.1, 0.15) is 11.1 Å². The molecule has 3 nitrogen and oxygen atoms in total. The molecule has 0 radical (unpaired) electrons. The van der Waals surface area contributed by atoms with Crippen molar-refractivity contribution < 1.29 is 13.2 Å². The third-order valence-corrected chi connectivity index (χ3v) is 2.62. The number of benzene rings is 1. The molecular formula is C12H10F3N3S. The highest BCUT2D eigenvalue weighted by Gasteiger charge is 2.32. The number of hydrogen-bond donors (Lipinski definition) is 1. The maximum absolute atomic E-state index is 12.8. The second-order valence-electron chi connectivity index (χ2n) is 3.82. The third-order valence-electron chi connectivity index (χ3n) is 2.50. The number of halogens is 3. The van der Waals surface area contributed by atoms with Gasteiger partial charge in [-0.25, -0.2) is 0 Å². The Hall–Kier alpha value is -1.89. The van der Waals surface area contributed by atoms with Crippen LogP contribution in [0.5, 0.6) is 0 Å². The minimum atomic E-state index is -4.36. The highest BCUT2D eigenvalue weighted by Crippen LogP contribution is 2.32. The minimum Gasteiger partial charge on any atom is -0.336 e. The molecule has 7 heteroatoms. The van der Waals surface area contributed by atoms with Gasteiger partial charge in [0.2, 0.25) is 0 Å². The molecule has 0 unspecified atom stereocenters. The van der Waals surface area contributed by atoms with E-state index in [1.807, 2.05) is 0 Å². The Bertz CT molecular complexity index is 578. The van der Waals surface area contributed by atoms with Crippen LogP contribution in [0.3, 0.4) is 0 Å². The molecule has 0 saturated heterocycles. The number of alkyl halides is 3. The molecule has 0 amide bonds. The molecule has 0 bridgehead atoms. The van der Waals surface area contributed by atoms with Gasteiger partial charge in [-0.05, 0) is 11.6 Å². The standard InChI is InChI=1S/C12H10F3N3S/c13-12(14,15)10-4-2-1-3-9(10)7-18-6-5-11(17-18)16-8-19/h1-6,8H,7H2,(H,16,17,19). The summed E-state index contributed by atoms with van der Waals surface area (Å²) >= 11 is 4.61. The van der Waals surface area contributed by atoms with Gasteiger partial charge in [-0.1, -0.05) is 30.4 Å². The minimum absolute atomic E-state index is 0.0504. The van der Waals surface area contributed by atoms with Gasteiger partial charge in [-0.15, -0.1) is 0 Å². The first-order valence-electron chi connectivity index (χ1n) is 5.39. The maximum Gasteiger partial charge on any atom is 0.416 e. The van der Waals surface area contributed by atoms with Gasteiger partial charge < -0.3 is 5.32 Å². The summed E-state index contributed by atoms with van der Waals surface area (Å²) in [6, 6.07) is 7.09. The van der Waals surface area contributed by atoms with Gasteiger partial charge in [-0.2, -0.15) is 18.3 Å². The van der Waals surface area contributed by atoms with Crippen molar-refractivity contribution >= 4 is 23.5 Å². The van der Waals surface area contributed by atoms with Gasteiger partial charge in [0.05, 0.1) is 17.6 Å². The van der Waals surface area contributed by atoms with Crippen molar-refractivity contribution in [1.82, 2.24) is 9.78 Å². The number of nitrogens with one attached hydrogen (secondary N) is 1. The average molecular weight is 285 g/mol. The predicted molar refractivity (Wildman–Crippen MR) is 70.1 cm³/mol. The SMILES string of the molecule is FC(F)(F)c1ccccc1Cn1ccc(NC=S)n1. The number of nitrogens with zero attached hydrogens (tertiary/aromatic N) is 2. The number of anilines is 1. The number of thiocarbonyl (C=S) groups is 1. The molecule has 0 aliphatic heterocycles. The molecule has 0 aliphatic carbocycles. The van der Waals surface area contributed by atoms with Crippen molar-refractivity contribution in [2.45, 2.75) is 12.7 Å². The second-order valence-corrected chi connectivity index (χ2v) is 4.05. The first-order valence-corrected chi connectivity index (χ1v) is 5.86. The molecule has 1 aromatic carbocycles. The Morgan fingerprint density at radius 1 is 1.26 bits per heavy atom.